The Morgan fingerprint density at radius 3 is 2.68 bits per heavy atom. The van der Waals surface area contributed by atoms with E-state index in [0.29, 0.717) is 40.1 Å². The van der Waals surface area contributed by atoms with E-state index in [9.17, 15) is 14.0 Å². The van der Waals surface area contributed by atoms with Gasteiger partial charge in [-0.25, -0.2) is 14.2 Å². The molecule has 0 atom stereocenters. The fraction of sp³-hybridized carbons (Fsp3) is 0.167. The van der Waals surface area contributed by atoms with E-state index in [4.69, 9.17) is 19.2 Å². The molecule has 1 aromatic heterocycles. The Hall–Kier alpha value is -4.72. The van der Waals surface area contributed by atoms with Crippen LogP contribution < -0.4 is 14.8 Å². The van der Waals surface area contributed by atoms with Crippen LogP contribution in [0, 0.1) is 5.82 Å². The number of benzene rings is 3. The molecular weight excluding hydrogens is 487 g/mol. The average Bonchev–Trinajstić information content (AvgIpc) is 3.40. The van der Waals surface area contributed by atoms with Crippen LogP contribution >= 0.6 is 0 Å². The van der Waals surface area contributed by atoms with Crippen LogP contribution in [0.25, 0.3) is 22.6 Å². The number of nitrogens with zero attached hydrogens (tertiary/aromatic N) is 1. The van der Waals surface area contributed by atoms with Gasteiger partial charge < -0.3 is 19.5 Å². The number of hydrogen-bond acceptors (Lipinski definition) is 6. The van der Waals surface area contributed by atoms with Crippen molar-refractivity contribution in [1.82, 2.24) is 4.98 Å². The second kappa shape index (κ2) is 9.97. The lowest BCUT2D eigenvalue weighted by Gasteiger charge is -2.22. The first kappa shape index (κ1) is 23.7. The van der Waals surface area contributed by atoms with Crippen LogP contribution in [0.3, 0.4) is 0 Å². The summed E-state index contributed by atoms with van der Waals surface area (Å²) in [5.41, 5.74) is 5.05. The van der Waals surface area contributed by atoms with Gasteiger partial charge in [-0.3, -0.25) is 4.79 Å². The van der Waals surface area contributed by atoms with Crippen LogP contribution in [0.1, 0.15) is 40.0 Å². The molecular formula is C30H23FN2O5. The van der Waals surface area contributed by atoms with Crippen molar-refractivity contribution in [3.8, 4) is 11.5 Å². The molecule has 6 rings (SSSR count). The van der Waals surface area contributed by atoms with Gasteiger partial charge in [-0.15, -0.1) is 0 Å². The minimum absolute atomic E-state index is 0.207. The molecule has 0 spiro atoms. The van der Waals surface area contributed by atoms with E-state index in [2.05, 4.69) is 11.4 Å². The molecule has 0 unspecified atom stereocenters. The molecule has 1 N–H and O–H groups in total. The molecule has 8 heteroatoms. The zero-order valence-electron chi connectivity index (χ0n) is 20.3. The number of fused-ring (bicyclic) bond motifs is 3. The van der Waals surface area contributed by atoms with Crippen molar-refractivity contribution in [2.24, 2.45) is 0 Å². The zero-order valence-corrected chi connectivity index (χ0v) is 20.3. The summed E-state index contributed by atoms with van der Waals surface area (Å²) in [6.07, 6.45) is 4.38. The average molecular weight is 511 g/mol. The highest BCUT2D eigenvalue weighted by molar-refractivity contribution is 6.07. The summed E-state index contributed by atoms with van der Waals surface area (Å²) in [6.45, 7) is -0.263. The van der Waals surface area contributed by atoms with E-state index >= 15 is 0 Å². The summed E-state index contributed by atoms with van der Waals surface area (Å²) < 4.78 is 29.5. The van der Waals surface area contributed by atoms with Crippen molar-refractivity contribution in [1.29, 1.82) is 0 Å². The first-order valence-corrected chi connectivity index (χ1v) is 12.3. The molecule has 0 fully saturated rings. The predicted molar refractivity (Wildman–Crippen MR) is 140 cm³/mol. The van der Waals surface area contributed by atoms with Gasteiger partial charge in [0.2, 0.25) is 6.79 Å². The number of aromatic nitrogens is 1. The lowest BCUT2D eigenvalue weighted by atomic mass is 9.86. The Kier molecular flexibility index (Phi) is 6.21. The van der Waals surface area contributed by atoms with Crippen LogP contribution in [-0.2, 0) is 16.0 Å². The monoisotopic (exact) mass is 510 g/mol. The molecule has 2 heterocycles. The number of anilines is 1. The van der Waals surface area contributed by atoms with Gasteiger partial charge in [0, 0.05) is 11.1 Å². The van der Waals surface area contributed by atoms with Crippen LogP contribution in [0.5, 0.6) is 11.5 Å². The molecule has 3 aromatic carbocycles. The standard InChI is InChI=1S/C30H23FN2O5/c31-20-9-11-21(12-10-20)32-27(34)16-36-30(35)28-22-5-1-2-7-24(22)33-29-19(4-3-6-23(28)29)14-18-8-13-25-26(15-18)38-17-37-25/h1-2,5,7-15H,3-4,6,16-17H2,(H,32,34). The van der Waals surface area contributed by atoms with Crippen molar-refractivity contribution < 1.29 is 28.2 Å². The normalized spacial score (nSPS) is 14.8. The highest BCUT2D eigenvalue weighted by atomic mass is 19.1. The molecule has 1 aliphatic carbocycles. The number of allylic oxidation sites excluding steroid dienone is 1. The van der Waals surface area contributed by atoms with Gasteiger partial charge in [0.25, 0.3) is 5.91 Å². The van der Waals surface area contributed by atoms with Crippen molar-refractivity contribution in [3.05, 3.63) is 94.9 Å². The minimum Gasteiger partial charge on any atom is -0.454 e. The second-order valence-corrected chi connectivity index (χ2v) is 9.10. The van der Waals surface area contributed by atoms with Crippen molar-refractivity contribution >= 4 is 40.1 Å². The fourth-order valence-corrected chi connectivity index (χ4v) is 4.85. The molecule has 1 aliphatic heterocycles. The van der Waals surface area contributed by atoms with Gasteiger partial charge in [-0.2, -0.15) is 0 Å². The second-order valence-electron chi connectivity index (χ2n) is 9.10. The Labute approximate surface area is 217 Å². The number of nitrogens with one attached hydrogen (secondary N) is 1. The smallest absolute Gasteiger partial charge is 0.339 e. The predicted octanol–water partition coefficient (Wildman–Crippen LogP) is 5.78. The van der Waals surface area contributed by atoms with Gasteiger partial charge >= 0.3 is 5.97 Å². The van der Waals surface area contributed by atoms with E-state index in [1.807, 2.05) is 42.5 Å². The first-order valence-electron chi connectivity index (χ1n) is 12.3. The minimum atomic E-state index is -0.585. The number of esters is 1. The summed E-state index contributed by atoms with van der Waals surface area (Å²) in [7, 11) is 0. The van der Waals surface area contributed by atoms with E-state index in [0.717, 1.165) is 35.2 Å². The maximum absolute atomic E-state index is 13.4. The quantitative estimate of drug-likeness (QED) is 0.343. The SMILES string of the molecule is O=C(COC(=O)c1c2c(nc3ccccc13)C(=Cc1ccc3c(c1)OCO3)CCC2)Nc1ccc(F)cc1. The summed E-state index contributed by atoms with van der Waals surface area (Å²) >= 11 is 0. The summed E-state index contributed by atoms with van der Waals surface area (Å²) in [4.78, 5) is 30.7. The van der Waals surface area contributed by atoms with E-state index in [1.165, 1.54) is 24.3 Å². The third-order valence-electron chi connectivity index (χ3n) is 6.57. The molecule has 0 radical (unpaired) electrons. The van der Waals surface area contributed by atoms with E-state index < -0.39 is 24.3 Å². The molecule has 0 saturated heterocycles. The number of ether oxygens (including phenoxy) is 3. The third kappa shape index (κ3) is 4.68. The summed E-state index contributed by atoms with van der Waals surface area (Å²) in [5.74, 6) is -0.0893. The van der Waals surface area contributed by atoms with Crippen molar-refractivity contribution in [2.75, 3.05) is 18.7 Å². The van der Waals surface area contributed by atoms with Gasteiger partial charge in [0.15, 0.2) is 18.1 Å². The summed E-state index contributed by atoms with van der Waals surface area (Å²) in [6, 6.07) is 18.6. The molecule has 7 nitrogen and oxygen atoms in total. The number of carbonyl (C=O) groups is 2. The van der Waals surface area contributed by atoms with Crippen LogP contribution in [0.2, 0.25) is 0 Å². The largest absolute Gasteiger partial charge is 0.454 e. The summed E-state index contributed by atoms with van der Waals surface area (Å²) in [5, 5.41) is 3.28. The van der Waals surface area contributed by atoms with Gasteiger partial charge in [0.1, 0.15) is 5.82 Å². The first-order chi connectivity index (χ1) is 18.5. The lowest BCUT2D eigenvalue weighted by Crippen LogP contribution is -2.22. The fourth-order valence-electron chi connectivity index (χ4n) is 4.85. The third-order valence-corrected chi connectivity index (χ3v) is 6.57. The molecule has 0 bridgehead atoms. The molecule has 4 aromatic rings. The van der Waals surface area contributed by atoms with Gasteiger partial charge in [0.05, 0.1) is 16.8 Å². The van der Waals surface area contributed by atoms with Gasteiger partial charge in [-0.05, 0) is 84.5 Å². The number of rotatable bonds is 5. The maximum atomic E-state index is 13.4. The zero-order chi connectivity index (χ0) is 26.1. The van der Waals surface area contributed by atoms with Crippen LogP contribution in [0.15, 0.2) is 66.7 Å². The van der Waals surface area contributed by atoms with Crippen LogP contribution in [0.4, 0.5) is 10.1 Å². The number of carbonyl (C=O) groups excluding carboxylic acids is 2. The highest BCUT2D eigenvalue weighted by Crippen LogP contribution is 2.38. The molecule has 190 valence electrons. The molecule has 1 amide bonds. The number of pyridine rings is 1. The number of hydrogen-bond donors (Lipinski definition) is 1. The maximum Gasteiger partial charge on any atom is 0.339 e. The van der Waals surface area contributed by atoms with E-state index in [-0.39, 0.29) is 6.79 Å². The number of halogens is 1. The van der Waals surface area contributed by atoms with Crippen molar-refractivity contribution in [3.63, 3.8) is 0 Å². The van der Waals surface area contributed by atoms with Crippen molar-refractivity contribution in [2.45, 2.75) is 19.3 Å². The number of amides is 1. The van der Waals surface area contributed by atoms with Gasteiger partial charge in [-0.1, -0.05) is 24.3 Å². The van der Waals surface area contributed by atoms with E-state index in [1.54, 1.807) is 0 Å². The molecule has 2 aliphatic rings. The Morgan fingerprint density at radius 2 is 1.82 bits per heavy atom. The highest BCUT2D eigenvalue weighted by Gasteiger charge is 2.26. The lowest BCUT2D eigenvalue weighted by molar-refractivity contribution is -0.119. The Bertz CT molecular complexity index is 1600. The Morgan fingerprint density at radius 1 is 1.00 bits per heavy atom. The molecule has 0 saturated carbocycles. The number of para-hydroxylation sites is 1. The van der Waals surface area contributed by atoms with Crippen LogP contribution in [-0.4, -0.2) is 30.3 Å². The Balaban J connectivity index is 1.31. The topological polar surface area (TPSA) is 86.8 Å². The molecule has 38 heavy (non-hydrogen) atoms.